The Morgan fingerprint density at radius 2 is 1.88 bits per heavy atom. The number of carboxylic acid groups (broad SMARTS) is 1. The molecule has 10 heteroatoms. The third kappa shape index (κ3) is 3.22. The van der Waals surface area contributed by atoms with Crippen molar-refractivity contribution in [2.45, 2.75) is 56.4 Å². The smallest absolute Gasteiger partial charge is 0.335 e. The van der Waals surface area contributed by atoms with Gasteiger partial charge in [0.1, 0.15) is 24.4 Å². The number of carboxylic acids is 1. The molecule has 10 atom stereocenters. The zero-order valence-electron chi connectivity index (χ0n) is 14.1. The lowest BCUT2D eigenvalue weighted by atomic mass is 9.83. The van der Waals surface area contributed by atoms with Gasteiger partial charge >= 0.3 is 5.97 Å². The molecule has 2 fully saturated rings. The van der Waals surface area contributed by atoms with Gasteiger partial charge in [-0.1, -0.05) is 6.92 Å². The Hall–Kier alpha value is -1.27. The van der Waals surface area contributed by atoms with Crippen molar-refractivity contribution in [1.29, 1.82) is 0 Å². The van der Waals surface area contributed by atoms with E-state index in [1.807, 2.05) is 6.92 Å². The number of rotatable bonds is 4. The van der Waals surface area contributed by atoms with E-state index >= 15 is 0 Å². The molecule has 1 saturated carbocycles. The second-order valence-corrected chi connectivity index (χ2v) is 7.10. The molecule has 0 amide bonds. The quantitative estimate of drug-likeness (QED) is 0.316. The molecule has 0 aromatic heterocycles. The summed E-state index contributed by atoms with van der Waals surface area (Å²) in [5, 5.41) is 58.6. The van der Waals surface area contributed by atoms with E-state index in [-0.39, 0.29) is 11.5 Å². The molecule has 0 radical (unpaired) electrons. The normalized spacial score (nSPS) is 48.5. The monoisotopic (exact) mass is 376 g/mol. The van der Waals surface area contributed by atoms with Gasteiger partial charge in [0.25, 0.3) is 0 Å². The standard InChI is InChI=1S/C16H24O10/c1-5-2-7(18)10-6(14(22)23)4-24-15(9(5)10)26-16-13(21)12(20)11(19)8(3-17)25-16/h4-5,7-13,15-21H,2-3H2,1H3,(H,22,23)/t5-,7-,8+,9+,10-,11+,12-,13+,15+,16-/m0/s1. The molecule has 0 aromatic carbocycles. The van der Waals surface area contributed by atoms with Crippen molar-refractivity contribution in [3.63, 3.8) is 0 Å². The first-order valence-corrected chi connectivity index (χ1v) is 8.49. The fourth-order valence-corrected chi connectivity index (χ4v) is 4.08. The number of aliphatic hydroxyl groups excluding tert-OH is 5. The van der Waals surface area contributed by atoms with Crippen LogP contribution >= 0.6 is 0 Å². The Morgan fingerprint density at radius 1 is 1.19 bits per heavy atom. The lowest BCUT2D eigenvalue weighted by molar-refractivity contribution is -0.342. The minimum Gasteiger partial charge on any atom is -0.478 e. The Balaban J connectivity index is 1.80. The second kappa shape index (κ2) is 7.39. The number of fused-ring (bicyclic) bond motifs is 1. The fourth-order valence-electron chi connectivity index (χ4n) is 4.08. The summed E-state index contributed by atoms with van der Waals surface area (Å²) >= 11 is 0. The molecule has 26 heavy (non-hydrogen) atoms. The summed E-state index contributed by atoms with van der Waals surface area (Å²) in [6, 6.07) is 0. The molecule has 0 bridgehead atoms. The van der Waals surface area contributed by atoms with Gasteiger partial charge in [-0.3, -0.25) is 0 Å². The van der Waals surface area contributed by atoms with E-state index in [0.717, 1.165) is 6.26 Å². The third-order valence-corrected chi connectivity index (χ3v) is 5.47. The Bertz CT molecular complexity index is 563. The van der Waals surface area contributed by atoms with Crippen LogP contribution in [0.2, 0.25) is 0 Å². The van der Waals surface area contributed by atoms with Crippen molar-refractivity contribution in [3.05, 3.63) is 11.8 Å². The van der Waals surface area contributed by atoms with Crippen LogP contribution in [0.25, 0.3) is 0 Å². The minimum atomic E-state index is -1.60. The maximum absolute atomic E-state index is 11.4. The maximum atomic E-state index is 11.4. The maximum Gasteiger partial charge on any atom is 0.335 e. The van der Waals surface area contributed by atoms with Gasteiger partial charge in [-0.25, -0.2) is 4.79 Å². The number of ether oxygens (including phenoxy) is 3. The molecule has 2 aliphatic heterocycles. The fraction of sp³-hybridized carbons (Fsp3) is 0.812. The van der Waals surface area contributed by atoms with E-state index in [1.165, 1.54) is 0 Å². The highest BCUT2D eigenvalue weighted by atomic mass is 16.8. The van der Waals surface area contributed by atoms with E-state index in [0.29, 0.717) is 6.42 Å². The first-order chi connectivity index (χ1) is 12.3. The highest BCUT2D eigenvalue weighted by Gasteiger charge is 2.53. The molecular formula is C16H24O10. The van der Waals surface area contributed by atoms with Gasteiger partial charge in [0.15, 0.2) is 6.29 Å². The first-order valence-electron chi connectivity index (χ1n) is 8.49. The minimum absolute atomic E-state index is 0.0551. The lowest BCUT2D eigenvalue weighted by Gasteiger charge is -2.43. The van der Waals surface area contributed by atoms with Gasteiger partial charge < -0.3 is 44.8 Å². The van der Waals surface area contributed by atoms with Crippen LogP contribution in [0.5, 0.6) is 0 Å². The van der Waals surface area contributed by atoms with Crippen LogP contribution in [0.15, 0.2) is 11.8 Å². The zero-order valence-corrected chi connectivity index (χ0v) is 14.1. The van der Waals surface area contributed by atoms with Gasteiger partial charge in [-0.05, 0) is 12.3 Å². The molecule has 3 aliphatic rings. The SMILES string of the molecule is C[C@H]1C[C@H](O)[C@@H]2C(C(=O)O)=CO[C@H](O[C@@H]3O[C@H](CO)[C@@H](O)[C@H](O)[C@H]3O)[C@@H]21. The van der Waals surface area contributed by atoms with Crippen molar-refractivity contribution < 1.29 is 49.6 Å². The number of aliphatic hydroxyl groups is 5. The molecule has 1 aliphatic carbocycles. The summed E-state index contributed by atoms with van der Waals surface area (Å²) in [5.74, 6) is -2.54. The van der Waals surface area contributed by atoms with Crippen LogP contribution in [0, 0.1) is 17.8 Å². The van der Waals surface area contributed by atoms with Crippen LogP contribution in [0.4, 0.5) is 0 Å². The van der Waals surface area contributed by atoms with E-state index in [1.54, 1.807) is 0 Å². The molecular weight excluding hydrogens is 352 g/mol. The second-order valence-electron chi connectivity index (χ2n) is 7.10. The predicted octanol–water partition coefficient (Wildman–Crippen LogP) is -2.24. The predicted molar refractivity (Wildman–Crippen MR) is 82.2 cm³/mol. The van der Waals surface area contributed by atoms with Crippen LogP contribution in [0.3, 0.4) is 0 Å². The highest BCUT2D eigenvalue weighted by Crippen LogP contribution is 2.47. The Morgan fingerprint density at radius 3 is 2.50 bits per heavy atom. The van der Waals surface area contributed by atoms with Gasteiger partial charge in [0.05, 0.1) is 24.5 Å². The van der Waals surface area contributed by atoms with E-state index < -0.39 is 67.5 Å². The van der Waals surface area contributed by atoms with E-state index in [9.17, 15) is 35.4 Å². The molecule has 1 saturated heterocycles. The number of hydrogen-bond acceptors (Lipinski definition) is 9. The van der Waals surface area contributed by atoms with E-state index in [2.05, 4.69) is 0 Å². The van der Waals surface area contributed by atoms with Crippen LogP contribution < -0.4 is 0 Å². The topological polar surface area (TPSA) is 166 Å². The number of carbonyl (C=O) groups is 1. The summed E-state index contributed by atoms with van der Waals surface area (Å²) in [6.07, 6.45) is -7.77. The van der Waals surface area contributed by atoms with Crippen molar-refractivity contribution in [2.75, 3.05) is 6.61 Å². The summed E-state index contributed by atoms with van der Waals surface area (Å²) in [4.78, 5) is 11.4. The van der Waals surface area contributed by atoms with Gasteiger partial charge in [-0.2, -0.15) is 0 Å². The lowest BCUT2D eigenvalue weighted by Crippen LogP contribution is -2.60. The van der Waals surface area contributed by atoms with Crippen molar-refractivity contribution >= 4 is 5.97 Å². The molecule has 2 heterocycles. The summed E-state index contributed by atoms with van der Waals surface area (Å²) in [6.45, 7) is 1.23. The summed E-state index contributed by atoms with van der Waals surface area (Å²) in [7, 11) is 0. The summed E-state index contributed by atoms with van der Waals surface area (Å²) in [5.41, 5.74) is -0.0551. The molecule has 10 nitrogen and oxygen atoms in total. The van der Waals surface area contributed by atoms with Gasteiger partial charge in [-0.15, -0.1) is 0 Å². The average molecular weight is 376 g/mol. The van der Waals surface area contributed by atoms with Crippen LogP contribution in [0.1, 0.15) is 13.3 Å². The summed E-state index contributed by atoms with van der Waals surface area (Å²) < 4.78 is 16.3. The van der Waals surface area contributed by atoms with E-state index in [4.69, 9.17) is 14.2 Å². The molecule has 0 spiro atoms. The number of aliphatic carboxylic acids is 1. The molecule has 0 unspecified atom stereocenters. The average Bonchev–Trinajstić information content (AvgIpc) is 2.90. The largest absolute Gasteiger partial charge is 0.478 e. The van der Waals surface area contributed by atoms with Gasteiger partial charge in [0, 0.05) is 11.8 Å². The Labute approximate surface area is 149 Å². The zero-order chi connectivity index (χ0) is 19.2. The molecule has 6 N–H and O–H groups in total. The first kappa shape index (κ1) is 19.5. The molecule has 3 rings (SSSR count). The Kier molecular flexibility index (Phi) is 5.54. The van der Waals surface area contributed by atoms with Crippen molar-refractivity contribution in [2.24, 2.45) is 17.8 Å². The highest BCUT2D eigenvalue weighted by molar-refractivity contribution is 5.87. The molecule has 148 valence electrons. The van der Waals surface area contributed by atoms with Crippen molar-refractivity contribution in [1.82, 2.24) is 0 Å². The third-order valence-electron chi connectivity index (χ3n) is 5.47. The van der Waals surface area contributed by atoms with Crippen LogP contribution in [-0.4, -0.2) is 86.3 Å². The van der Waals surface area contributed by atoms with Crippen LogP contribution in [-0.2, 0) is 19.0 Å². The number of hydrogen-bond donors (Lipinski definition) is 6. The van der Waals surface area contributed by atoms with Gasteiger partial charge in [0.2, 0.25) is 6.29 Å². The molecule has 0 aromatic rings. The van der Waals surface area contributed by atoms with Crippen molar-refractivity contribution in [3.8, 4) is 0 Å².